The van der Waals surface area contributed by atoms with Crippen molar-refractivity contribution in [3.8, 4) is 0 Å². The van der Waals surface area contributed by atoms with Crippen LogP contribution in [0.4, 0.5) is 5.69 Å². The van der Waals surface area contributed by atoms with E-state index in [0.29, 0.717) is 18.1 Å². The SMILES string of the molecule is O=C(c1cc(Cl)ccc1NS(=O)(=O)c1ccc2c(c1)CCCC2)N1CCCC1. The fourth-order valence-corrected chi connectivity index (χ4v) is 5.26. The van der Waals surface area contributed by atoms with E-state index in [1.54, 1.807) is 29.2 Å². The van der Waals surface area contributed by atoms with Gasteiger partial charge in [-0.15, -0.1) is 0 Å². The normalized spacial score (nSPS) is 16.7. The highest BCUT2D eigenvalue weighted by molar-refractivity contribution is 7.92. The summed E-state index contributed by atoms with van der Waals surface area (Å²) in [6, 6.07) is 9.99. The molecule has 2 aliphatic rings. The van der Waals surface area contributed by atoms with Gasteiger partial charge in [-0.25, -0.2) is 8.42 Å². The molecule has 2 aromatic rings. The lowest BCUT2D eigenvalue weighted by atomic mass is 9.92. The number of nitrogens with zero attached hydrogens (tertiary/aromatic N) is 1. The average molecular weight is 419 g/mol. The molecule has 0 saturated carbocycles. The molecule has 2 aromatic carbocycles. The largest absolute Gasteiger partial charge is 0.339 e. The summed E-state index contributed by atoms with van der Waals surface area (Å²) < 4.78 is 28.6. The maximum absolute atomic E-state index is 13.0. The molecular weight excluding hydrogens is 396 g/mol. The number of carbonyl (C=O) groups excluding carboxylic acids is 1. The molecule has 1 saturated heterocycles. The van der Waals surface area contributed by atoms with Gasteiger partial charge < -0.3 is 4.90 Å². The first-order chi connectivity index (χ1) is 13.4. The molecule has 1 heterocycles. The fourth-order valence-electron chi connectivity index (χ4n) is 3.95. The van der Waals surface area contributed by atoms with Crippen LogP contribution in [0.1, 0.15) is 47.2 Å². The monoisotopic (exact) mass is 418 g/mol. The van der Waals surface area contributed by atoms with Crippen LogP contribution in [-0.4, -0.2) is 32.3 Å². The molecule has 1 N–H and O–H groups in total. The third-order valence-electron chi connectivity index (χ3n) is 5.48. The zero-order chi connectivity index (χ0) is 19.7. The summed E-state index contributed by atoms with van der Waals surface area (Å²) in [6.07, 6.45) is 6.04. The Balaban J connectivity index is 1.65. The number of nitrogens with one attached hydrogen (secondary N) is 1. The Kier molecular flexibility index (Phi) is 5.34. The van der Waals surface area contributed by atoms with E-state index < -0.39 is 10.0 Å². The van der Waals surface area contributed by atoms with Gasteiger partial charge in [0, 0.05) is 18.1 Å². The van der Waals surface area contributed by atoms with Crippen molar-refractivity contribution in [2.45, 2.75) is 43.4 Å². The third kappa shape index (κ3) is 3.89. The second-order valence-corrected chi connectivity index (χ2v) is 9.55. The van der Waals surface area contributed by atoms with E-state index >= 15 is 0 Å². The van der Waals surface area contributed by atoms with Crippen molar-refractivity contribution < 1.29 is 13.2 Å². The second-order valence-electron chi connectivity index (χ2n) is 7.43. The summed E-state index contributed by atoms with van der Waals surface area (Å²) >= 11 is 6.09. The highest BCUT2D eigenvalue weighted by atomic mass is 35.5. The predicted molar refractivity (Wildman–Crippen MR) is 110 cm³/mol. The van der Waals surface area contributed by atoms with E-state index in [1.807, 2.05) is 6.07 Å². The van der Waals surface area contributed by atoms with E-state index in [0.717, 1.165) is 44.1 Å². The molecule has 4 rings (SSSR count). The number of sulfonamides is 1. The first-order valence-electron chi connectivity index (χ1n) is 9.67. The van der Waals surface area contributed by atoms with Crippen LogP contribution in [0.5, 0.6) is 0 Å². The number of halogens is 1. The minimum Gasteiger partial charge on any atom is -0.339 e. The van der Waals surface area contributed by atoms with Gasteiger partial charge in [0.05, 0.1) is 16.1 Å². The van der Waals surface area contributed by atoms with E-state index in [-0.39, 0.29) is 22.1 Å². The van der Waals surface area contributed by atoms with Crippen molar-refractivity contribution in [2.24, 2.45) is 0 Å². The quantitative estimate of drug-likeness (QED) is 0.806. The zero-order valence-electron chi connectivity index (χ0n) is 15.6. The van der Waals surface area contributed by atoms with Crippen LogP contribution in [0.15, 0.2) is 41.3 Å². The summed E-state index contributed by atoms with van der Waals surface area (Å²) in [6.45, 7) is 1.37. The maximum atomic E-state index is 13.0. The Morgan fingerprint density at radius 3 is 2.39 bits per heavy atom. The van der Waals surface area contributed by atoms with Gasteiger partial charge in [0.2, 0.25) is 0 Å². The van der Waals surface area contributed by atoms with Crippen LogP contribution >= 0.6 is 11.6 Å². The molecule has 1 amide bonds. The van der Waals surface area contributed by atoms with Crippen LogP contribution in [0, 0.1) is 0 Å². The molecule has 1 fully saturated rings. The molecule has 7 heteroatoms. The number of likely N-dealkylation sites (tertiary alicyclic amines) is 1. The van der Waals surface area contributed by atoms with Crippen LogP contribution in [0.25, 0.3) is 0 Å². The average Bonchev–Trinajstić information content (AvgIpc) is 3.23. The minimum absolute atomic E-state index is 0.192. The van der Waals surface area contributed by atoms with Crippen molar-refractivity contribution >= 4 is 33.2 Å². The van der Waals surface area contributed by atoms with Gasteiger partial charge in [-0.1, -0.05) is 17.7 Å². The summed E-state index contributed by atoms with van der Waals surface area (Å²) in [7, 11) is -3.80. The lowest BCUT2D eigenvalue weighted by Gasteiger charge is -2.20. The Morgan fingerprint density at radius 1 is 0.929 bits per heavy atom. The molecule has 1 aliphatic heterocycles. The molecule has 0 unspecified atom stereocenters. The van der Waals surface area contributed by atoms with Gasteiger partial charge in [-0.05, 0) is 80.0 Å². The van der Waals surface area contributed by atoms with Crippen molar-refractivity contribution in [1.82, 2.24) is 4.90 Å². The molecular formula is C21H23ClN2O3S. The van der Waals surface area contributed by atoms with E-state index in [9.17, 15) is 13.2 Å². The number of carbonyl (C=O) groups is 1. The molecule has 0 bridgehead atoms. The summed E-state index contributed by atoms with van der Waals surface area (Å²) in [5.41, 5.74) is 2.87. The topological polar surface area (TPSA) is 66.5 Å². The molecule has 0 atom stereocenters. The fraction of sp³-hybridized carbons (Fsp3) is 0.381. The van der Waals surface area contributed by atoms with Crippen molar-refractivity contribution in [1.29, 1.82) is 0 Å². The lowest BCUT2D eigenvalue weighted by molar-refractivity contribution is 0.0794. The number of aryl methyl sites for hydroxylation is 2. The Morgan fingerprint density at radius 2 is 1.64 bits per heavy atom. The first kappa shape index (κ1) is 19.3. The van der Waals surface area contributed by atoms with Gasteiger partial charge in [0.15, 0.2) is 0 Å². The number of rotatable bonds is 4. The summed E-state index contributed by atoms with van der Waals surface area (Å²) in [5.74, 6) is -0.192. The van der Waals surface area contributed by atoms with Crippen molar-refractivity contribution in [3.05, 3.63) is 58.1 Å². The van der Waals surface area contributed by atoms with Crippen molar-refractivity contribution in [3.63, 3.8) is 0 Å². The predicted octanol–water partition coefficient (Wildman–Crippen LogP) is 4.26. The van der Waals surface area contributed by atoms with Crippen LogP contribution < -0.4 is 4.72 Å². The zero-order valence-corrected chi connectivity index (χ0v) is 17.2. The van der Waals surface area contributed by atoms with Crippen LogP contribution in [-0.2, 0) is 22.9 Å². The van der Waals surface area contributed by atoms with E-state index in [1.165, 1.54) is 11.6 Å². The van der Waals surface area contributed by atoms with Gasteiger partial charge in [0.1, 0.15) is 0 Å². The standard InChI is InChI=1S/C21H23ClN2O3S/c22-17-8-10-20(19(14-17)21(25)24-11-3-4-12-24)23-28(26,27)18-9-7-15-5-1-2-6-16(15)13-18/h7-10,13-14,23H,1-6,11-12H2. The number of anilines is 1. The molecule has 1 aliphatic carbocycles. The van der Waals surface area contributed by atoms with Gasteiger partial charge in [-0.2, -0.15) is 0 Å². The molecule has 5 nitrogen and oxygen atoms in total. The van der Waals surface area contributed by atoms with Gasteiger partial charge in [0.25, 0.3) is 15.9 Å². The lowest BCUT2D eigenvalue weighted by Crippen LogP contribution is -2.29. The van der Waals surface area contributed by atoms with E-state index in [4.69, 9.17) is 11.6 Å². The number of hydrogen-bond acceptors (Lipinski definition) is 3. The maximum Gasteiger partial charge on any atom is 0.261 e. The van der Waals surface area contributed by atoms with Crippen LogP contribution in [0.2, 0.25) is 5.02 Å². The number of benzene rings is 2. The number of hydrogen-bond donors (Lipinski definition) is 1. The molecule has 148 valence electrons. The van der Waals surface area contributed by atoms with E-state index in [2.05, 4.69) is 4.72 Å². The smallest absolute Gasteiger partial charge is 0.261 e. The van der Waals surface area contributed by atoms with Crippen LogP contribution in [0.3, 0.4) is 0 Å². The molecule has 0 aromatic heterocycles. The second kappa shape index (κ2) is 7.76. The highest BCUT2D eigenvalue weighted by Gasteiger charge is 2.25. The Labute approximate surface area is 170 Å². The minimum atomic E-state index is -3.80. The number of amides is 1. The van der Waals surface area contributed by atoms with Crippen molar-refractivity contribution in [2.75, 3.05) is 17.8 Å². The van der Waals surface area contributed by atoms with Gasteiger partial charge in [-0.3, -0.25) is 9.52 Å². The van der Waals surface area contributed by atoms with Gasteiger partial charge >= 0.3 is 0 Å². The summed E-state index contributed by atoms with van der Waals surface area (Å²) in [5, 5.41) is 0.402. The molecule has 0 spiro atoms. The molecule has 28 heavy (non-hydrogen) atoms. The third-order valence-corrected chi connectivity index (χ3v) is 7.08. The Hall–Kier alpha value is -2.05. The summed E-state index contributed by atoms with van der Waals surface area (Å²) in [4.78, 5) is 14.8. The molecule has 0 radical (unpaired) electrons. The first-order valence-corrected chi connectivity index (χ1v) is 11.5. The number of fused-ring (bicyclic) bond motifs is 1. The highest BCUT2D eigenvalue weighted by Crippen LogP contribution is 2.28. The Bertz CT molecular complexity index is 1010.